The first-order valence-corrected chi connectivity index (χ1v) is 10.8. The average molecular weight is 416 g/mol. The Kier molecular flexibility index (Phi) is 4.44. The lowest BCUT2D eigenvalue weighted by Crippen LogP contribution is -2.12. The molecule has 2 N–H and O–H groups in total. The van der Waals surface area contributed by atoms with Crippen LogP contribution in [-0.4, -0.2) is 35.5 Å². The summed E-state index contributed by atoms with van der Waals surface area (Å²) in [5.74, 6) is -0.838. The lowest BCUT2D eigenvalue weighted by atomic mass is 10.2. The number of para-hydroxylation sites is 1. The minimum atomic E-state index is -3.61. The maximum absolute atomic E-state index is 13.8. The maximum Gasteiger partial charge on any atom is 0.259 e. The molecule has 0 aliphatic rings. The topological polar surface area (TPSA) is 105 Å². The second kappa shape index (κ2) is 6.80. The molecule has 0 radical (unpaired) electrons. The van der Waals surface area contributed by atoms with Crippen molar-refractivity contribution < 1.29 is 17.6 Å². The van der Waals surface area contributed by atoms with E-state index < -0.39 is 21.6 Å². The third kappa shape index (κ3) is 3.39. The number of H-pyrrole nitrogens is 1. The minimum Gasteiger partial charge on any atom is -0.338 e. The SMILES string of the molecule is CS(=O)(=O)c1ccc(F)cc1-c1nc2c(C(=O)Nc3nccs3)cccc2[nH]1. The van der Waals surface area contributed by atoms with E-state index in [1.54, 1.807) is 29.8 Å². The molecule has 0 unspecified atom stereocenters. The predicted octanol–water partition coefficient (Wildman–Crippen LogP) is 3.48. The van der Waals surface area contributed by atoms with Crippen molar-refractivity contribution >= 4 is 43.2 Å². The highest BCUT2D eigenvalue weighted by molar-refractivity contribution is 7.90. The van der Waals surface area contributed by atoms with Crippen molar-refractivity contribution in [2.24, 2.45) is 0 Å². The van der Waals surface area contributed by atoms with Gasteiger partial charge >= 0.3 is 0 Å². The fourth-order valence-electron chi connectivity index (χ4n) is 2.80. The van der Waals surface area contributed by atoms with Crippen LogP contribution in [0.3, 0.4) is 0 Å². The molecule has 0 spiro atoms. The van der Waals surface area contributed by atoms with Crippen LogP contribution in [0.15, 0.2) is 52.9 Å². The number of halogens is 1. The van der Waals surface area contributed by atoms with Crippen LogP contribution in [0.4, 0.5) is 9.52 Å². The fourth-order valence-corrected chi connectivity index (χ4v) is 4.20. The molecule has 0 saturated heterocycles. The summed E-state index contributed by atoms with van der Waals surface area (Å²) in [6.07, 6.45) is 2.61. The van der Waals surface area contributed by atoms with E-state index in [4.69, 9.17) is 0 Å². The van der Waals surface area contributed by atoms with Crippen LogP contribution in [-0.2, 0) is 9.84 Å². The van der Waals surface area contributed by atoms with Crippen molar-refractivity contribution in [3.63, 3.8) is 0 Å². The molecule has 2 aromatic heterocycles. The zero-order chi connectivity index (χ0) is 19.9. The van der Waals surface area contributed by atoms with E-state index in [9.17, 15) is 17.6 Å². The number of thiazole rings is 1. The second-order valence-corrected chi connectivity index (χ2v) is 8.87. The van der Waals surface area contributed by atoms with E-state index in [1.807, 2.05) is 0 Å². The summed E-state index contributed by atoms with van der Waals surface area (Å²) in [6, 6.07) is 8.34. The van der Waals surface area contributed by atoms with E-state index in [1.165, 1.54) is 17.4 Å². The molecule has 28 heavy (non-hydrogen) atoms. The molecule has 0 bridgehead atoms. The average Bonchev–Trinajstić information content (AvgIpc) is 3.29. The van der Waals surface area contributed by atoms with Crippen LogP contribution in [0.25, 0.3) is 22.4 Å². The van der Waals surface area contributed by atoms with Gasteiger partial charge in [0.2, 0.25) is 0 Å². The van der Waals surface area contributed by atoms with Crippen LogP contribution in [0.1, 0.15) is 10.4 Å². The molecule has 10 heteroatoms. The monoisotopic (exact) mass is 416 g/mol. The first-order valence-electron chi connectivity index (χ1n) is 8.02. The number of rotatable bonds is 4. The number of carbonyl (C=O) groups is 1. The molecular formula is C18H13FN4O3S2. The Hall–Kier alpha value is -3.11. The van der Waals surface area contributed by atoms with Crippen molar-refractivity contribution in [2.45, 2.75) is 4.90 Å². The van der Waals surface area contributed by atoms with Gasteiger partial charge in [-0.2, -0.15) is 0 Å². The summed E-state index contributed by atoms with van der Waals surface area (Å²) in [7, 11) is -3.61. The predicted molar refractivity (Wildman–Crippen MR) is 105 cm³/mol. The number of aromatic nitrogens is 3. The van der Waals surface area contributed by atoms with Gasteiger partial charge in [0.25, 0.3) is 5.91 Å². The molecular weight excluding hydrogens is 403 g/mol. The van der Waals surface area contributed by atoms with Gasteiger partial charge in [-0.05, 0) is 30.3 Å². The third-order valence-corrected chi connectivity index (χ3v) is 5.85. The maximum atomic E-state index is 13.8. The molecule has 0 saturated carbocycles. The van der Waals surface area contributed by atoms with Gasteiger partial charge in [-0.3, -0.25) is 10.1 Å². The van der Waals surface area contributed by atoms with Gasteiger partial charge in [0.05, 0.1) is 16.0 Å². The summed E-state index contributed by atoms with van der Waals surface area (Å²) in [4.78, 5) is 23.9. The van der Waals surface area contributed by atoms with Gasteiger partial charge in [-0.1, -0.05) is 6.07 Å². The summed E-state index contributed by atoms with van der Waals surface area (Å²) < 4.78 is 37.9. The van der Waals surface area contributed by atoms with Gasteiger partial charge in [-0.15, -0.1) is 11.3 Å². The number of sulfone groups is 1. The quantitative estimate of drug-likeness (QED) is 0.496. The highest BCUT2D eigenvalue weighted by Crippen LogP contribution is 2.29. The number of aromatic amines is 1. The standard InChI is InChI=1S/C18H13FN4O3S2/c1-28(25,26)14-6-5-10(19)9-12(14)16-21-13-4-2-3-11(15(13)22-16)17(24)23-18-20-7-8-27-18/h2-9H,1H3,(H,21,22)(H,20,23,24). The molecule has 7 nitrogen and oxygen atoms in total. The smallest absolute Gasteiger partial charge is 0.259 e. The van der Waals surface area contributed by atoms with E-state index in [2.05, 4.69) is 20.3 Å². The Labute approximate surface area is 163 Å². The van der Waals surface area contributed by atoms with Crippen LogP contribution in [0, 0.1) is 5.82 Å². The van der Waals surface area contributed by atoms with E-state index in [-0.39, 0.29) is 21.8 Å². The molecule has 142 valence electrons. The number of nitrogens with one attached hydrogen (secondary N) is 2. The first kappa shape index (κ1) is 18.3. The molecule has 0 aliphatic carbocycles. The van der Waals surface area contributed by atoms with Gasteiger partial charge in [0, 0.05) is 23.4 Å². The Morgan fingerprint density at radius 1 is 1.25 bits per heavy atom. The van der Waals surface area contributed by atoms with Crippen molar-refractivity contribution in [1.82, 2.24) is 15.0 Å². The van der Waals surface area contributed by atoms with Gasteiger partial charge < -0.3 is 4.98 Å². The van der Waals surface area contributed by atoms with E-state index in [0.717, 1.165) is 18.4 Å². The number of anilines is 1. The molecule has 0 atom stereocenters. The molecule has 4 aromatic rings. The van der Waals surface area contributed by atoms with Crippen molar-refractivity contribution in [3.8, 4) is 11.4 Å². The first-order chi connectivity index (χ1) is 13.3. The number of fused-ring (bicyclic) bond motifs is 1. The van der Waals surface area contributed by atoms with E-state index in [0.29, 0.717) is 16.2 Å². The lowest BCUT2D eigenvalue weighted by molar-refractivity contribution is 0.102. The number of benzene rings is 2. The van der Waals surface area contributed by atoms with Crippen LogP contribution in [0.2, 0.25) is 0 Å². The number of amides is 1. The Morgan fingerprint density at radius 2 is 2.07 bits per heavy atom. The fraction of sp³-hybridized carbons (Fsp3) is 0.0556. The molecule has 1 amide bonds. The molecule has 4 rings (SSSR count). The summed E-state index contributed by atoms with van der Waals surface area (Å²) in [6.45, 7) is 0. The highest BCUT2D eigenvalue weighted by Gasteiger charge is 2.20. The van der Waals surface area contributed by atoms with Crippen molar-refractivity contribution in [3.05, 3.63) is 59.4 Å². The number of hydrogen-bond donors (Lipinski definition) is 2. The summed E-state index contributed by atoms with van der Waals surface area (Å²) in [5.41, 5.74) is 1.25. The zero-order valence-corrected chi connectivity index (χ0v) is 16.1. The Balaban J connectivity index is 1.84. The lowest BCUT2D eigenvalue weighted by Gasteiger charge is -2.05. The Morgan fingerprint density at radius 3 is 2.79 bits per heavy atom. The zero-order valence-electron chi connectivity index (χ0n) is 14.4. The summed E-state index contributed by atoms with van der Waals surface area (Å²) >= 11 is 1.28. The Bertz CT molecular complexity index is 1300. The third-order valence-electron chi connectivity index (χ3n) is 4.01. The normalized spacial score (nSPS) is 11.6. The van der Waals surface area contributed by atoms with E-state index >= 15 is 0 Å². The van der Waals surface area contributed by atoms with Crippen LogP contribution in [0.5, 0.6) is 0 Å². The van der Waals surface area contributed by atoms with Crippen molar-refractivity contribution in [2.75, 3.05) is 11.6 Å². The number of hydrogen-bond acceptors (Lipinski definition) is 6. The van der Waals surface area contributed by atoms with Gasteiger partial charge in [0.15, 0.2) is 15.0 Å². The number of nitrogens with zero attached hydrogens (tertiary/aromatic N) is 2. The highest BCUT2D eigenvalue weighted by atomic mass is 32.2. The largest absolute Gasteiger partial charge is 0.338 e. The molecule has 0 fully saturated rings. The van der Waals surface area contributed by atoms with Crippen LogP contribution >= 0.6 is 11.3 Å². The molecule has 0 aliphatic heterocycles. The summed E-state index contributed by atoms with van der Waals surface area (Å²) in [5, 5.41) is 4.86. The minimum absolute atomic E-state index is 0.0539. The van der Waals surface area contributed by atoms with Gasteiger partial charge in [-0.25, -0.2) is 22.8 Å². The number of carbonyl (C=O) groups excluding carboxylic acids is 1. The number of imidazole rings is 1. The van der Waals surface area contributed by atoms with Crippen molar-refractivity contribution in [1.29, 1.82) is 0 Å². The van der Waals surface area contributed by atoms with Crippen LogP contribution < -0.4 is 5.32 Å². The molecule has 2 heterocycles. The molecule has 2 aromatic carbocycles. The second-order valence-electron chi connectivity index (χ2n) is 5.99. The van der Waals surface area contributed by atoms with Gasteiger partial charge in [0.1, 0.15) is 17.2 Å².